The zero-order valence-corrected chi connectivity index (χ0v) is 12.5. The van der Waals surface area contributed by atoms with E-state index in [9.17, 15) is 0 Å². The Kier molecular flexibility index (Phi) is 5.65. The summed E-state index contributed by atoms with van der Waals surface area (Å²) in [5.74, 6) is 0.697. The van der Waals surface area contributed by atoms with E-state index in [2.05, 4.69) is 26.8 Å². The van der Waals surface area contributed by atoms with Gasteiger partial charge in [-0.3, -0.25) is 0 Å². The van der Waals surface area contributed by atoms with Gasteiger partial charge in [-0.2, -0.15) is 0 Å². The molecule has 0 aliphatic heterocycles. The number of imidazole rings is 1. The highest BCUT2D eigenvalue weighted by Gasteiger charge is 2.14. The highest BCUT2D eigenvalue weighted by molar-refractivity contribution is 5.82. The Balaban J connectivity index is 2.22. The molecular formula is C14H21N5O2. The van der Waals surface area contributed by atoms with Crippen LogP contribution in [0.4, 0.5) is 5.82 Å². The van der Waals surface area contributed by atoms with Gasteiger partial charge in [-0.05, 0) is 13.8 Å². The minimum Gasteiger partial charge on any atom is -0.365 e. The maximum Gasteiger partial charge on any atom is 0.175 e. The van der Waals surface area contributed by atoms with E-state index >= 15 is 0 Å². The van der Waals surface area contributed by atoms with Gasteiger partial charge in [0, 0.05) is 19.8 Å². The van der Waals surface area contributed by atoms with Gasteiger partial charge in [0.15, 0.2) is 17.8 Å². The lowest BCUT2D eigenvalue weighted by atomic mass is 10.4. The molecule has 2 heterocycles. The molecule has 0 unspecified atom stereocenters. The number of hydrogen-bond donors (Lipinski definition) is 1. The lowest BCUT2D eigenvalue weighted by Gasteiger charge is -2.17. The topological polar surface area (TPSA) is 74.1 Å². The largest absolute Gasteiger partial charge is 0.365 e. The summed E-state index contributed by atoms with van der Waals surface area (Å²) in [6.07, 6.45) is 4.70. The van der Waals surface area contributed by atoms with Crippen LogP contribution in [0, 0.1) is 0 Å². The van der Waals surface area contributed by atoms with Crippen molar-refractivity contribution >= 4 is 17.0 Å². The summed E-state index contributed by atoms with van der Waals surface area (Å²) in [5.41, 5.74) is 1.48. The predicted molar refractivity (Wildman–Crippen MR) is 81.0 cm³/mol. The molecule has 2 rings (SSSR count). The molecule has 21 heavy (non-hydrogen) atoms. The number of fused-ring (bicyclic) bond motifs is 1. The number of nitrogens with one attached hydrogen (secondary N) is 1. The molecule has 0 radical (unpaired) electrons. The third-order valence-electron chi connectivity index (χ3n) is 2.87. The van der Waals surface area contributed by atoms with E-state index in [-0.39, 0.29) is 6.29 Å². The smallest absolute Gasteiger partial charge is 0.175 e. The van der Waals surface area contributed by atoms with E-state index in [4.69, 9.17) is 9.47 Å². The minimum atomic E-state index is -0.308. The lowest BCUT2D eigenvalue weighted by Crippen LogP contribution is -2.23. The molecule has 1 N–H and O–H groups in total. The second-order valence-corrected chi connectivity index (χ2v) is 4.30. The van der Waals surface area contributed by atoms with E-state index in [0.717, 1.165) is 11.2 Å². The van der Waals surface area contributed by atoms with E-state index in [1.807, 2.05) is 18.4 Å². The fourth-order valence-electron chi connectivity index (χ4n) is 2.00. The van der Waals surface area contributed by atoms with Crippen molar-refractivity contribution in [1.29, 1.82) is 0 Å². The van der Waals surface area contributed by atoms with Gasteiger partial charge in [0.1, 0.15) is 11.8 Å². The number of nitrogens with zero attached hydrogens (tertiary/aromatic N) is 4. The van der Waals surface area contributed by atoms with Crippen LogP contribution in [0.1, 0.15) is 13.8 Å². The Morgan fingerprint density at radius 1 is 1.29 bits per heavy atom. The molecular weight excluding hydrogens is 270 g/mol. The van der Waals surface area contributed by atoms with Crippen molar-refractivity contribution in [3.63, 3.8) is 0 Å². The average molecular weight is 291 g/mol. The summed E-state index contributed by atoms with van der Waals surface area (Å²) >= 11 is 0. The molecule has 0 fully saturated rings. The number of anilines is 1. The van der Waals surface area contributed by atoms with Gasteiger partial charge in [-0.25, -0.2) is 15.0 Å². The first-order valence-corrected chi connectivity index (χ1v) is 7.03. The van der Waals surface area contributed by atoms with Crippen LogP contribution < -0.4 is 5.32 Å². The fraction of sp³-hybridized carbons (Fsp3) is 0.500. The Morgan fingerprint density at radius 2 is 2.05 bits per heavy atom. The molecule has 0 aromatic carbocycles. The van der Waals surface area contributed by atoms with Crippen molar-refractivity contribution in [2.45, 2.75) is 26.7 Å². The van der Waals surface area contributed by atoms with Crippen molar-refractivity contribution in [1.82, 2.24) is 19.5 Å². The van der Waals surface area contributed by atoms with Crippen molar-refractivity contribution in [3.8, 4) is 0 Å². The van der Waals surface area contributed by atoms with E-state index in [0.29, 0.717) is 32.1 Å². The Labute approximate surface area is 124 Å². The number of rotatable bonds is 9. The van der Waals surface area contributed by atoms with Gasteiger partial charge < -0.3 is 19.4 Å². The maximum atomic E-state index is 5.56. The quantitative estimate of drug-likeness (QED) is 0.561. The zero-order chi connectivity index (χ0) is 15.1. The normalized spacial score (nSPS) is 11.2. The molecule has 2 aromatic heterocycles. The molecule has 0 bridgehead atoms. The summed E-state index contributed by atoms with van der Waals surface area (Å²) < 4.78 is 13.0. The first-order chi connectivity index (χ1) is 10.3. The molecule has 0 amide bonds. The van der Waals surface area contributed by atoms with Crippen LogP contribution in [-0.4, -0.2) is 45.6 Å². The molecule has 2 aromatic rings. The number of hydrogen-bond acceptors (Lipinski definition) is 6. The molecule has 114 valence electrons. The van der Waals surface area contributed by atoms with Gasteiger partial charge in [0.2, 0.25) is 0 Å². The van der Waals surface area contributed by atoms with E-state index in [1.54, 1.807) is 12.4 Å². The Morgan fingerprint density at radius 3 is 2.71 bits per heavy atom. The van der Waals surface area contributed by atoms with Crippen molar-refractivity contribution < 1.29 is 9.47 Å². The summed E-state index contributed by atoms with van der Waals surface area (Å²) in [6.45, 7) is 9.91. The zero-order valence-electron chi connectivity index (χ0n) is 12.5. The minimum absolute atomic E-state index is 0.308. The van der Waals surface area contributed by atoms with Crippen LogP contribution in [0.5, 0.6) is 0 Å². The van der Waals surface area contributed by atoms with Crippen molar-refractivity contribution in [3.05, 3.63) is 25.3 Å². The van der Waals surface area contributed by atoms with Crippen LogP contribution in [0.25, 0.3) is 11.2 Å². The molecule has 7 heteroatoms. The highest BCUT2D eigenvalue weighted by Crippen LogP contribution is 2.17. The van der Waals surface area contributed by atoms with Gasteiger partial charge in [0.25, 0.3) is 0 Å². The van der Waals surface area contributed by atoms with Gasteiger partial charge in [-0.15, -0.1) is 6.58 Å². The van der Waals surface area contributed by atoms with Crippen LogP contribution in [0.15, 0.2) is 25.3 Å². The molecule has 0 aliphatic rings. The van der Waals surface area contributed by atoms with Gasteiger partial charge in [-0.1, -0.05) is 6.08 Å². The summed E-state index contributed by atoms with van der Waals surface area (Å²) in [4.78, 5) is 12.9. The van der Waals surface area contributed by atoms with Crippen LogP contribution in [0.3, 0.4) is 0 Å². The second kappa shape index (κ2) is 7.70. The third kappa shape index (κ3) is 3.77. The fourth-order valence-corrected chi connectivity index (χ4v) is 2.00. The predicted octanol–water partition coefficient (Wildman–Crippen LogP) is 1.82. The van der Waals surface area contributed by atoms with Gasteiger partial charge >= 0.3 is 0 Å². The highest BCUT2D eigenvalue weighted by atomic mass is 16.7. The van der Waals surface area contributed by atoms with E-state index < -0.39 is 0 Å². The molecule has 0 atom stereocenters. The second-order valence-electron chi connectivity index (χ2n) is 4.30. The SMILES string of the molecule is C=CCNc1ncnc2c1ncn2CC(OCC)OCC. The molecule has 0 spiro atoms. The van der Waals surface area contributed by atoms with Crippen LogP contribution >= 0.6 is 0 Å². The lowest BCUT2D eigenvalue weighted by molar-refractivity contribution is -0.143. The summed E-state index contributed by atoms with van der Waals surface area (Å²) in [7, 11) is 0. The first kappa shape index (κ1) is 15.4. The van der Waals surface area contributed by atoms with Crippen LogP contribution in [-0.2, 0) is 16.0 Å². The standard InChI is InChI=1S/C14H21N5O2/c1-4-7-15-13-12-14(17-9-16-13)19(10-18-12)8-11(20-5-2)21-6-3/h4,9-11H,1,5-8H2,2-3H3,(H,15,16,17). The van der Waals surface area contributed by atoms with E-state index in [1.165, 1.54) is 6.33 Å². The molecule has 7 nitrogen and oxygen atoms in total. The Hall–Kier alpha value is -1.99. The number of aromatic nitrogens is 4. The van der Waals surface area contributed by atoms with Gasteiger partial charge in [0.05, 0.1) is 12.9 Å². The van der Waals surface area contributed by atoms with Crippen molar-refractivity contribution in [2.75, 3.05) is 25.1 Å². The van der Waals surface area contributed by atoms with Crippen molar-refractivity contribution in [2.24, 2.45) is 0 Å². The molecule has 0 aliphatic carbocycles. The number of ether oxygens (including phenoxy) is 2. The monoisotopic (exact) mass is 291 g/mol. The van der Waals surface area contributed by atoms with Crippen LogP contribution in [0.2, 0.25) is 0 Å². The third-order valence-corrected chi connectivity index (χ3v) is 2.87. The average Bonchev–Trinajstić information content (AvgIpc) is 2.89. The molecule has 0 saturated heterocycles. The summed E-state index contributed by atoms with van der Waals surface area (Å²) in [6, 6.07) is 0. The Bertz CT molecular complexity index is 578. The summed E-state index contributed by atoms with van der Waals surface area (Å²) in [5, 5.41) is 3.15. The first-order valence-electron chi connectivity index (χ1n) is 7.03. The maximum absolute atomic E-state index is 5.56. The molecule has 0 saturated carbocycles.